The molecule has 0 saturated carbocycles. The highest BCUT2D eigenvalue weighted by Crippen LogP contribution is 2.16. The predicted octanol–water partition coefficient (Wildman–Crippen LogP) is 1.58. The second-order valence-electron chi connectivity index (χ2n) is 2.99. The van der Waals surface area contributed by atoms with Gasteiger partial charge in [0, 0.05) is 7.11 Å². The van der Waals surface area contributed by atoms with Crippen LogP contribution in [0.3, 0.4) is 0 Å². The number of benzene rings is 1. The fourth-order valence-corrected chi connectivity index (χ4v) is 2.07. The average molecular weight is 225 g/mol. The number of fused-ring (bicyclic) bond motifs is 1. The first kappa shape index (κ1) is 10.3. The average Bonchev–Trinajstić information content (AvgIpc) is 2.69. The third kappa shape index (κ3) is 2.24. The van der Waals surface area contributed by atoms with Crippen LogP contribution in [0.2, 0.25) is 0 Å². The summed E-state index contributed by atoms with van der Waals surface area (Å²) < 4.78 is 21.9. The van der Waals surface area contributed by atoms with Crippen molar-refractivity contribution < 1.29 is 13.4 Å². The van der Waals surface area contributed by atoms with Crippen LogP contribution in [0.4, 0.5) is 0 Å². The summed E-state index contributed by atoms with van der Waals surface area (Å²) in [6, 6.07) is 7.36. The largest absolute Gasteiger partial charge is 0.430 e. The molecule has 0 aliphatic carbocycles. The minimum atomic E-state index is -1.22. The summed E-state index contributed by atoms with van der Waals surface area (Å²) in [6.45, 7) is 0.436. The quantitative estimate of drug-likeness (QED) is 0.792. The van der Waals surface area contributed by atoms with E-state index in [1.165, 1.54) is 0 Å². The molecule has 0 bridgehead atoms. The van der Waals surface area contributed by atoms with Crippen molar-refractivity contribution >= 4 is 21.9 Å². The topological polar surface area (TPSA) is 52.3 Å². The number of nitrogens with zero attached hydrogens (tertiary/aromatic N) is 1. The Morgan fingerprint density at radius 3 is 3.00 bits per heavy atom. The molecule has 1 atom stereocenters. The van der Waals surface area contributed by atoms with Crippen LogP contribution in [-0.2, 0) is 15.5 Å². The summed E-state index contributed by atoms with van der Waals surface area (Å²) in [4.78, 5) is 4.14. The van der Waals surface area contributed by atoms with Crippen molar-refractivity contribution in [3.05, 3.63) is 24.3 Å². The molecule has 1 aromatic carbocycles. The van der Waals surface area contributed by atoms with Gasteiger partial charge in [0.1, 0.15) is 16.3 Å². The van der Waals surface area contributed by atoms with Crippen molar-refractivity contribution in [1.29, 1.82) is 0 Å². The minimum Gasteiger partial charge on any atom is -0.430 e. The van der Waals surface area contributed by atoms with Crippen molar-refractivity contribution in [2.24, 2.45) is 0 Å². The van der Waals surface area contributed by atoms with E-state index in [0.29, 0.717) is 17.9 Å². The SMILES string of the molecule is COCCS(=O)c1nc2ccccc2o1. The zero-order chi connectivity index (χ0) is 10.7. The molecular weight excluding hydrogens is 214 g/mol. The van der Waals surface area contributed by atoms with Crippen molar-refractivity contribution in [3.8, 4) is 0 Å². The van der Waals surface area contributed by atoms with Gasteiger partial charge in [-0.25, -0.2) is 9.19 Å². The van der Waals surface area contributed by atoms with Gasteiger partial charge in [-0.2, -0.15) is 0 Å². The smallest absolute Gasteiger partial charge is 0.288 e. The first-order chi connectivity index (χ1) is 7.31. The summed E-state index contributed by atoms with van der Waals surface area (Å²) in [5, 5.41) is 0.272. The molecule has 1 aromatic heterocycles. The number of hydrogen-bond donors (Lipinski definition) is 0. The third-order valence-corrected chi connectivity index (χ3v) is 3.04. The van der Waals surface area contributed by atoms with Crippen LogP contribution in [0.15, 0.2) is 33.9 Å². The standard InChI is InChI=1S/C10H11NO3S/c1-13-6-7-15(12)10-11-8-4-2-3-5-9(8)14-10/h2-5H,6-7H2,1H3. The summed E-state index contributed by atoms with van der Waals surface area (Å²) in [6.07, 6.45) is 0. The number of aromatic nitrogens is 1. The van der Waals surface area contributed by atoms with E-state index in [1.807, 2.05) is 18.2 Å². The molecule has 2 aromatic rings. The van der Waals surface area contributed by atoms with Gasteiger partial charge in [-0.05, 0) is 12.1 Å². The summed E-state index contributed by atoms with van der Waals surface area (Å²) in [5.74, 6) is 0.406. The minimum absolute atomic E-state index is 0.272. The van der Waals surface area contributed by atoms with Crippen LogP contribution >= 0.6 is 0 Å². The van der Waals surface area contributed by atoms with Gasteiger partial charge in [0.2, 0.25) is 0 Å². The first-order valence-corrected chi connectivity index (χ1v) is 5.86. The normalized spacial score (nSPS) is 13.1. The molecule has 0 spiro atoms. The van der Waals surface area contributed by atoms with Gasteiger partial charge in [0.25, 0.3) is 5.22 Å². The first-order valence-electron chi connectivity index (χ1n) is 4.54. The van der Waals surface area contributed by atoms with E-state index in [2.05, 4.69) is 4.98 Å². The monoisotopic (exact) mass is 225 g/mol. The Morgan fingerprint density at radius 1 is 1.47 bits per heavy atom. The lowest BCUT2D eigenvalue weighted by Crippen LogP contribution is -2.04. The zero-order valence-electron chi connectivity index (χ0n) is 8.30. The number of methoxy groups -OCH3 is 1. The molecule has 4 nitrogen and oxygen atoms in total. The highest BCUT2D eigenvalue weighted by molar-refractivity contribution is 7.84. The second-order valence-corrected chi connectivity index (χ2v) is 4.44. The van der Waals surface area contributed by atoms with Crippen LogP contribution in [-0.4, -0.2) is 28.7 Å². The van der Waals surface area contributed by atoms with E-state index in [9.17, 15) is 4.21 Å². The lowest BCUT2D eigenvalue weighted by molar-refractivity contribution is 0.217. The fraction of sp³-hybridized carbons (Fsp3) is 0.300. The molecule has 0 fully saturated rings. The van der Waals surface area contributed by atoms with Crippen molar-refractivity contribution in [3.63, 3.8) is 0 Å². The van der Waals surface area contributed by atoms with Crippen molar-refractivity contribution in [2.75, 3.05) is 19.5 Å². The van der Waals surface area contributed by atoms with Gasteiger partial charge in [-0.3, -0.25) is 0 Å². The lowest BCUT2D eigenvalue weighted by Gasteiger charge is -1.94. The second kappa shape index (κ2) is 4.55. The fourth-order valence-electron chi connectivity index (χ4n) is 1.19. The summed E-state index contributed by atoms with van der Waals surface area (Å²) >= 11 is 0. The molecule has 0 amide bonds. The molecule has 15 heavy (non-hydrogen) atoms. The molecule has 5 heteroatoms. The highest BCUT2D eigenvalue weighted by Gasteiger charge is 2.11. The van der Waals surface area contributed by atoms with Crippen LogP contribution in [0.25, 0.3) is 11.1 Å². The van der Waals surface area contributed by atoms with Gasteiger partial charge in [0.05, 0.1) is 12.4 Å². The molecule has 0 radical (unpaired) electrons. The van der Waals surface area contributed by atoms with Gasteiger partial charge < -0.3 is 9.15 Å². The van der Waals surface area contributed by atoms with E-state index >= 15 is 0 Å². The van der Waals surface area contributed by atoms with Crippen LogP contribution in [0, 0.1) is 0 Å². The summed E-state index contributed by atoms with van der Waals surface area (Å²) in [5.41, 5.74) is 1.40. The number of oxazole rings is 1. The van der Waals surface area contributed by atoms with Crippen molar-refractivity contribution in [1.82, 2.24) is 4.98 Å². The molecule has 0 saturated heterocycles. The van der Waals surface area contributed by atoms with Gasteiger partial charge in [-0.1, -0.05) is 12.1 Å². The number of ether oxygens (including phenoxy) is 1. The van der Waals surface area contributed by atoms with Gasteiger partial charge >= 0.3 is 0 Å². The molecule has 0 N–H and O–H groups in total. The van der Waals surface area contributed by atoms with Crippen LogP contribution < -0.4 is 0 Å². The maximum atomic E-state index is 11.6. The Balaban J connectivity index is 2.25. The molecule has 0 aliphatic heterocycles. The Labute approximate surface area is 89.7 Å². The van der Waals surface area contributed by atoms with Gasteiger partial charge in [-0.15, -0.1) is 0 Å². The predicted molar refractivity (Wildman–Crippen MR) is 57.2 cm³/mol. The maximum Gasteiger partial charge on any atom is 0.288 e. The molecule has 1 heterocycles. The molecule has 2 rings (SSSR count). The van der Waals surface area contributed by atoms with Crippen molar-refractivity contribution in [2.45, 2.75) is 5.22 Å². The Morgan fingerprint density at radius 2 is 2.27 bits per heavy atom. The molecule has 0 aliphatic rings. The molecule has 1 unspecified atom stereocenters. The van der Waals surface area contributed by atoms with Crippen LogP contribution in [0.1, 0.15) is 0 Å². The van der Waals surface area contributed by atoms with Gasteiger partial charge in [0.15, 0.2) is 5.58 Å². The van der Waals surface area contributed by atoms with Crippen LogP contribution in [0.5, 0.6) is 0 Å². The Kier molecular flexibility index (Phi) is 3.13. The number of para-hydroxylation sites is 2. The third-order valence-electron chi connectivity index (χ3n) is 1.94. The lowest BCUT2D eigenvalue weighted by atomic mass is 10.3. The van der Waals surface area contributed by atoms with E-state index in [4.69, 9.17) is 9.15 Å². The zero-order valence-corrected chi connectivity index (χ0v) is 9.12. The maximum absolute atomic E-state index is 11.6. The van der Waals surface area contributed by atoms with E-state index in [-0.39, 0.29) is 5.22 Å². The molecular formula is C10H11NO3S. The Hall–Kier alpha value is -1.20. The molecule has 80 valence electrons. The van der Waals surface area contributed by atoms with E-state index in [0.717, 1.165) is 5.52 Å². The van der Waals surface area contributed by atoms with E-state index in [1.54, 1.807) is 13.2 Å². The number of rotatable bonds is 4. The highest BCUT2D eigenvalue weighted by atomic mass is 32.2. The number of hydrogen-bond acceptors (Lipinski definition) is 4. The van der Waals surface area contributed by atoms with E-state index < -0.39 is 10.8 Å². The summed E-state index contributed by atoms with van der Waals surface area (Å²) in [7, 11) is 0.354. The Bertz CT molecular complexity index is 447.